The molecule has 0 saturated carbocycles. The summed E-state index contributed by atoms with van der Waals surface area (Å²) in [4.78, 5) is 4.31. The molecule has 16 heavy (non-hydrogen) atoms. The Balaban J connectivity index is 2.10. The van der Waals surface area contributed by atoms with Crippen LogP contribution in [0.4, 0.5) is 0 Å². The summed E-state index contributed by atoms with van der Waals surface area (Å²) in [6.07, 6.45) is 6.90. The molecule has 0 saturated heterocycles. The fourth-order valence-corrected chi connectivity index (χ4v) is 2.27. The van der Waals surface area contributed by atoms with Gasteiger partial charge in [-0.25, -0.2) is 9.67 Å². The Bertz CT molecular complexity index is 489. The van der Waals surface area contributed by atoms with Crippen LogP contribution in [0.25, 0.3) is 5.82 Å². The van der Waals surface area contributed by atoms with Gasteiger partial charge >= 0.3 is 0 Å². The Morgan fingerprint density at radius 2 is 2.31 bits per heavy atom. The molecule has 4 nitrogen and oxygen atoms in total. The Labute approximate surface area is 94.1 Å². The first-order valence-electron chi connectivity index (χ1n) is 5.60. The normalized spacial score (nSPS) is 19.4. The Morgan fingerprint density at radius 3 is 3.12 bits per heavy atom. The monoisotopic (exact) mass is 214 g/mol. The van der Waals surface area contributed by atoms with Crippen molar-refractivity contribution in [2.45, 2.75) is 25.3 Å². The third-order valence-corrected chi connectivity index (χ3v) is 3.10. The lowest BCUT2D eigenvalue weighted by Crippen LogP contribution is -2.18. The molecule has 1 aliphatic rings. The lowest BCUT2D eigenvalue weighted by atomic mass is 9.94. The molecule has 0 aromatic carbocycles. The number of nitrogens with zero attached hydrogens (tertiary/aromatic N) is 3. The molecule has 82 valence electrons. The van der Waals surface area contributed by atoms with Gasteiger partial charge in [0.05, 0.1) is 11.9 Å². The van der Waals surface area contributed by atoms with Crippen LogP contribution in [-0.2, 0) is 6.42 Å². The standard InChI is InChI=1S/C12H14N4/c13-10-4-3-5-11-9(10)8-15-16(11)12-6-1-2-7-14-12/h1-2,6-8,10H,3-5,13H2. The molecule has 1 aliphatic carbocycles. The van der Waals surface area contributed by atoms with Crippen LogP contribution in [0.3, 0.4) is 0 Å². The van der Waals surface area contributed by atoms with Gasteiger partial charge in [0.25, 0.3) is 0 Å². The Hall–Kier alpha value is -1.68. The Kier molecular flexibility index (Phi) is 2.22. The van der Waals surface area contributed by atoms with Gasteiger partial charge < -0.3 is 5.73 Å². The molecule has 2 N–H and O–H groups in total. The summed E-state index contributed by atoms with van der Waals surface area (Å²) in [5.41, 5.74) is 8.46. The van der Waals surface area contributed by atoms with E-state index >= 15 is 0 Å². The molecular formula is C12H14N4. The van der Waals surface area contributed by atoms with Crippen molar-refractivity contribution in [2.75, 3.05) is 0 Å². The van der Waals surface area contributed by atoms with Crippen molar-refractivity contribution in [3.63, 3.8) is 0 Å². The third-order valence-electron chi connectivity index (χ3n) is 3.10. The average Bonchev–Trinajstić information content (AvgIpc) is 2.75. The first-order chi connectivity index (χ1) is 7.86. The summed E-state index contributed by atoms with van der Waals surface area (Å²) in [5, 5.41) is 4.39. The topological polar surface area (TPSA) is 56.7 Å². The summed E-state index contributed by atoms with van der Waals surface area (Å²) in [5.74, 6) is 0.873. The summed E-state index contributed by atoms with van der Waals surface area (Å²) in [7, 11) is 0. The van der Waals surface area contributed by atoms with E-state index in [1.807, 2.05) is 29.1 Å². The van der Waals surface area contributed by atoms with Crippen molar-refractivity contribution in [2.24, 2.45) is 5.73 Å². The van der Waals surface area contributed by atoms with Crippen LogP contribution in [-0.4, -0.2) is 14.8 Å². The van der Waals surface area contributed by atoms with Gasteiger partial charge in [0.2, 0.25) is 0 Å². The van der Waals surface area contributed by atoms with Gasteiger partial charge in [-0.05, 0) is 31.4 Å². The van der Waals surface area contributed by atoms with Crippen molar-refractivity contribution in [1.29, 1.82) is 0 Å². The van der Waals surface area contributed by atoms with E-state index in [9.17, 15) is 0 Å². The molecule has 0 bridgehead atoms. The van der Waals surface area contributed by atoms with E-state index in [0.29, 0.717) is 0 Å². The largest absolute Gasteiger partial charge is 0.324 e. The predicted octanol–water partition coefficient (Wildman–Crippen LogP) is 1.60. The molecule has 3 rings (SSSR count). The van der Waals surface area contributed by atoms with Crippen LogP contribution in [0.5, 0.6) is 0 Å². The second-order valence-corrected chi connectivity index (χ2v) is 4.15. The average molecular weight is 214 g/mol. The second-order valence-electron chi connectivity index (χ2n) is 4.15. The van der Waals surface area contributed by atoms with Gasteiger partial charge in [-0.1, -0.05) is 6.07 Å². The number of hydrogen-bond acceptors (Lipinski definition) is 3. The lowest BCUT2D eigenvalue weighted by molar-refractivity contribution is 0.557. The van der Waals surface area contributed by atoms with E-state index in [2.05, 4.69) is 10.1 Å². The van der Waals surface area contributed by atoms with E-state index in [1.54, 1.807) is 6.20 Å². The van der Waals surface area contributed by atoms with Gasteiger partial charge in [0.1, 0.15) is 0 Å². The highest BCUT2D eigenvalue weighted by atomic mass is 15.3. The van der Waals surface area contributed by atoms with Crippen LogP contribution in [0.2, 0.25) is 0 Å². The summed E-state index contributed by atoms with van der Waals surface area (Å²) in [6, 6.07) is 5.99. The van der Waals surface area contributed by atoms with E-state index in [4.69, 9.17) is 5.73 Å². The van der Waals surface area contributed by atoms with Crippen molar-refractivity contribution >= 4 is 0 Å². The minimum atomic E-state index is 0.140. The van der Waals surface area contributed by atoms with Gasteiger partial charge in [-0.3, -0.25) is 0 Å². The van der Waals surface area contributed by atoms with Crippen LogP contribution in [0, 0.1) is 0 Å². The molecule has 0 radical (unpaired) electrons. The molecule has 0 spiro atoms. The molecular weight excluding hydrogens is 200 g/mol. The maximum absolute atomic E-state index is 6.06. The molecule has 0 aliphatic heterocycles. The molecule has 0 fully saturated rings. The molecule has 1 unspecified atom stereocenters. The van der Waals surface area contributed by atoms with Crippen molar-refractivity contribution in [3.8, 4) is 5.82 Å². The second kappa shape index (κ2) is 3.72. The van der Waals surface area contributed by atoms with E-state index < -0.39 is 0 Å². The third kappa shape index (κ3) is 1.42. The quantitative estimate of drug-likeness (QED) is 0.784. The number of rotatable bonds is 1. The predicted molar refractivity (Wildman–Crippen MR) is 61.2 cm³/mol. The maximum Gasteiger partial charge on any atom is 0.153 e. The zero-order valence-corrected chi connectivity index (χ0v) is 9.00. The minimum Gasteiger partial charge on any atom is -0.324 e. The van der Waals surface area contributed by atoms with Crippen LogP contribution >= 0.6 is 0 Å². The van der Waals surface area contributed by atoms with Crippen LogP contribution in [0.15, 0.2) is 30.6 Å². The SMILES string of the molecule is NC1CCCc2c1cnn2-c1ccccn1. The van der Waals surface area contributed by atoms with Gasteiger partial charge in [0.15, 0.2) is 5.82 Å². The van der Waals surface area contributed by atoms with Crippen molar-refractivity contribution in [3.05, 3.63) is 41.9 Å². The van der Waals surface area contributed by atoms with Gasteiger partial charge in [-0.2, -0.15) is 5.10 Å². The number of aromatic nitrogens is 3. The molecule has 1 atom stereocenters. The smallest absolute Gasteiger partial charge is 0.153 e. The number of nitrogens with two attached hydrogens (primary N) is 1. The zero-order valence-electron chi connectivity index (χ0n) is 9.00. The number of hydrogen-bond donors (Lipinski definition) is 1. The van der Waals surface area contributed by atoms with Crippen LogP contribution in [0.1, 0.15) is 30.1 Å². The van der Waals surface area contributed by atoms with Gasteiger partial charge in [-0.15, -0.1) is 0 Å². The molecule has 0 amide bonds. The van der Waals surface area contributed by atoms with Gasteiger partial charge in [0, 0.05) is 17.8 Å². The molecule has 4 heteroatoms. The van der Waals surface area contributed by atoms with E-state index in [1.165, 1.54) is 11.3 Å². The van der Waals surface area contributed by atoms with Crippen LogP contribution < -0.4 is 5.73 Å². The van der Waals surface area contributed by atoms with E-state index in [0.717, 1.165) is 25.1 Å². The summed E-state index contributed by atoms with van der Waals surface area (Å²) in [6.45, 7) is 0. The highest BCUT2D eigenvalue weighted by Gasteiger charge is 2.21. The fraction of sp³-hybridized carbons (Fsp3) is 0.333. The molecule has 2 heterocycles. The summed E-state index contributed by atoms with van der Waals surface area (Å²) >= 11 is 0. The Morgan fingerprint density at radius 1 is 1.38 bits per heavy atom. The first-order valence-corrected chi connectivity index (χ1v) is 5.60. The first kappa shape index (κ1) is 9.54. The minimum absolute atomic E-state index is 0.140. The highest BCUT2D eigenvalue weighted by Crippen LogP contribution is 2.28. The van der Waals surface area contributed by atoms with Crippen molar-refractivity contribution < 1.29 is 0 Å². The maximum atomic E-state index is 6.06. The van der Waals surface area contributed by atoms with Crippen molar-refractivity contribution in [1.82, 2.24) is 14.8 Å². The summed E-state index contributed by atoms with van der Waals surface area (Å²) < 4.78 is 1.91. The lowest BCUT2D eigenvalue weighted by Gasteiger charge is -2.19. The zero-order chi connectivity index (χ0) is 11.0. The molecule has 2 aromatic rings. The number of fused-ring (bicyclic) bond motifs is 1. The number of pyridine rings is 1. The molecule has 2 aromatic heterocycles. The fourth-order valence-electron chi connectivity index (χ4n) is 2.27. The van der Waals surface area contributed by atoms with E-state index in [-0.39, 0.29) is 6.04 Å². The highest BCUT2D eigenvalue weighted by molar-refractivity contribution is 5.32.